The molecule has 1 aliphatic carbocycles. The van der Waals surface area contributed by atoms with E-state index in [0.717, 1.165) is 51.8 Å². The van der Waals surface area contributed by atoms with Gasteiger partial charge in [0, 0.05) is 41.4 Å². The number of aryl methyl sites for hydroxylation is 2. The summed E-state index contributed by atoms with van der Waals surface area (Å²) in [4.78, 5) is 25.2. The van der Waals surface area contributed by atoms with Gasteiger partial charge in [-0.05, 0) is 71.6 Å². The van der Waals surface area contributed by atoms with Gasteiger partial charge < -0.3 is 10.1 Å². The number of aromatic amines is 1. The molecule has 6 heteroatoms. The third-order valence-electron chi connectivity index (χ3n) is 9.95. The minimum absolute atomic E-state index is 0.000672. The second-order valence-electron chi connectivity index (χ2n) is 13.1. The molecule has 5 aromatic rings. The molecule has 238 valence electrons. The van der Waals surface area contributed by atoms with Crippen molar-refractivity contribution in [1.29, 1.82) is 0 Å². The van der Waals surface area contributed by atoms with Crippen LogP contribution in [0, 0.1) is 0 Å². The van der Waals surface area contributed by atoms with Gasteiger partial charge in [-0.2, -0.15) is 0 Å². The molecule has 2 aromatic heterocycles. The number of rotatable bonds is 12. The van der Waals surface area contributed by atoms with Crippen LogP contribution in [0.3, 0.4) is 0 Å². The molecule has 7 rings (SSSR count). The predicted octanol–water partition coefficient (Wildman–Crippen LogP) is 9.82. The fourth-order valence-electron chi connectivity index (χ4n) is 7.33. The Labute approximate surface area is 281 Å². The lowest BCUT2D eigenvalue weighted by molar-refractivity contribution is -0.137. The summed E-state index contributed by atoms with van der Waals surface area (Å²) >= 11 is 1.60. The van der Waals surface area contributed by atoms with Gasteiger partial charge in [-0.15, -0.1) is 11.3 Å². The Morgan fingerprint density at radius 1 is 0.915 bits per heavy atom. The zero-order chi connectivity index (χ0) is 32.1. The molecule has 2 atom stereocenters. The van der Waals surface area contributed by atoms with Crippen molar-refractivity contribution in [3.8, 4) is 22.5 Å². The number of nitrogens with zero attached hydrogens (tertiary/aromatic N) is 2. The number of aliphatic carboxylic acids is 1. The molecule has 2 aliphatic rings. The molecule has 0 spiro atoms. The van der Waals surface area contributed by atoms with Crippen molar-refractivity contribution >= 4 is 23.5 Å². The average molecular weight is 640 g/mol. The monoisotopic (exact) mass is 639 g/mol. The molecule has 5 nitrogen and oxygen atoms in total. The van der Waals surface area contributed by atoms with Gasteiger partial charge in [-0.1, -0.05) is 104 Å². The van der Waals surface area contributed by atoms with E-state index < -0.39 is 11.5 Å². The Balaban J connectivity index is 0.996. The number of allylic oxidation sites excluding steroid dienone is 1. The van der Waals surface area contributed by atoms with Crippen molar-refractivity contribution in [3.63, 3.8) is 0 Å². The topological polar surface area (TPSA) is 78.3 Å². The van der Waals surface area contributed by atoms with Gasteiger partial charge in [0.1, 0.15) is 0 Å². The minimum atomic E-state index is -0.831. The summed E-state index contributed by atoms with van der Waals surface area (Å²) in [5, 5.41) is 12.8. The van der Waals surface area contributed by atoms with E-state index >= 15 is 0 Å². The number of carboxylic acids is 1. The van der Waals surface area contributed by atoms with Crippen molar-refractivity contribution in [1.82, 2.24) is 9.97 Å². The van der Waals surface area contributed by atoms with E-state index in [1.165, 1.54) is 48.8 Å². The van der Waals surface area contributed by atoms with E-state index in [1.54, 1.807) is 17.6 Å². The Morgan fingerprint density at radius 3 is 2.38 bits per heavy atom. The molecule has 0 amide bonds. The molecule has 1 saturated carbocycles. The van der Waals surface area contributed by atoms with E-state index in [0.29, 0.717) is 6.42 Å². The van der Waals surface area contributed by atoms with Crippen LogP contribution in [0.1, 0.15) is 77.6 Å². The van der Waals surface area contributed by atoms with E-state index in [2.05, 4.69) is 71.2 Å². The SMILES string of the molecule is O=C(O)CC(c1ccccc1)C1(Cc2nc(-c3ccc(-c4cc(CCc5ccc(C6CCCCC6)cc5)c[nH]4)cc3)cs2)C=CC=N1. The van der Waals surface area contributed by atoms with Gasteiger partial charge in [-0.3, -0.25) is 9.79 Å². The van der Waals surface area contributed by atoms with Crippen LogP contribution < -0.4 is 0 Å². The number of hydrogen-bond acceptors (Lipinski definition) is 4. The number of nitrogens with one attached hydrogen (secondary N) is 1. The summed E-state index contributed by atoms with van der Waals surface area (Å²) in [6, 6.07) is 30.1. The summed E-state index contributed by atoms with van der Waals surface area (Å²) in [7, 11) is 0. The number of benzene rings is 3. The molecule has 3 heterocycles. The Morgan fingerprint density at radius 2 is 1.66 bits per heavy atom. The minimum Gasteiger partial charge on any atom is -0.481 e. The number of aromatic nitrogens is 2. The Bertz CT molecular complexity index is 1830. The van der Waals surface area contributed by atoms with Crippen LogP contribution in [0.4, 0.5) is 0 Å². The van der Waals surface area contributed by atoms with Crippen LogP contribution in [0.2, 0.25) is 0 Å². The maximum atomic E-state index is 11.9. The number of aliphatic imine (C=N–C) groups is 1. The summed E-state index contributed by atoms with van der Waals surface area (Å²) in [6.07, 6.45) is 17.3. The standard InChI is InChI=1S/C41H41N3O2S/c45-40(46)25-36(33-10-5-2-6-11-33)41(22-7-23-43-41)26-39-44-38(28-47-39)35-20-18-34(19-21-35)37-24-30(27-42-37)13-12-29-14-16-32(17-15-29)31-8-3-1-4-9-31/h2,5-7,10-11,14-24,27-28,31,36,42H,1,3-4,8-9,12-13,25-26H2,(H,45,46). The van der Waals surface area contributed by atoms with E-state index in [-0.39, 0.29) is 12.3 Å². The Hall–Kier alpha value is -4.55. The van der Waals surface area contributed by atoms with Crippen LogP contribution in [-0.2, 0) is 24.1 Å². The van der Waals surface area contributed by atoms with Crippen LogP contribution in [-0.4, -0.2) is 32.8 Å². The average Bonchev–Trinajstić information content (AvgIpc) is 3.90. The molecule has 0 bridgehead atoms. The predicted molar refractivity (Wildman–Crippen MR) is 193 cm³/mol. The van der Waals surface area contributed by atoms with Crippen molar-refractivity contribution < 1.29 is 9.90 Å². The van der Waals surface area contributed by atoms with Gasteiger partial charge >= 0.3 is 5.97 Å². The smallest absolute Gasteiger partial charge is 0.304 e. The first-order valence-electron chi connectivity index (χ1n) is 16.9. The summed E-state index contributed by atoms with van der Waals surface area (Å²) in [5.74, 6) is -0.365. The second kappa shape index (κ2) is 14.1. The fraction of sp³-hybridized carbons (Fsp3) is 0.293. The highest BCUT2D eigenvalue weighted by molar-refractivity contribution is 7.10. The lowest BCUT2D eigenvalue weighted by atomic mass is 9.76. The van der Waals surface area contributed by atoms with Gasteiger partial charge in [-0.25, -0.2) is 4.98 Å². The largest absolute Gasteiger partial charge is 0.481 e. The van der Waals surface area contributed by atoms with Crippen molar-refractivity contribution in [2.75, 3.05) is 0 Å². The molecule has 2 unspecified atom stereocenters. The maximum Gasteiger partial charge on any atom is 0.304 e. The number of carboxylic acid groups (broad SMARTS) is 1. The first-order chi connectivity index (χ1) is 23.0. The lowest BCUT2D eigenvalue weighted by Gasteiger charge is -2.32. The third-order valence-corrected chi connectivity index (χ3v) is 10.8. The van der Waals surface area contributed by atoms with Crippen LogP contribution in [0.15, 0.2) is 114 Å². The van der Waals surface area contributed by atoms with Gasteiger partial charge in [0.25, 0.3) is 0 Å². The van der Waals surface area contributed by atoms with E-state index in [9.17, 15) is 9.90 Å². The molecule has 3 aromatic carbocycles. The van der Waals surface area contributed by atoms with E-state index in [1.807, 2.05) is 42.5 Å². The third kappa shape index (κ3) is 7.23. The zero-order valence-corrected chi connectivity index (χ0v) is 27.5. The maximum absolute atomic E-state index is 11.9. The molecule has 0 radical (unpaired) electrons. The summed E-state index contributed by atoms with van der Waals surface area (Å²) in [5.41, 5.74) is 8.79. The molecular formula is C41H41N3O2S. The highest BCUT2D eigenvalue weighted by atomic mass is 32.1. The van der Waals surface area contributed by atoms with E-state index in [4.69, 9.17) is 9.98 Å². The van der Waals surface area contributed by atoms with Gasteiger partial charge in [0.05, 0.1) is 22.7 Å². The lowest BCUT2D eigenvalue weighted by Crippen LogP contribution is -2.35. The van der Waals surface area contributed by atoms with Gasteiger partial charge in [0.2, 0.25) is 0 Å². The number of hydrogen-bond donors (Lipinski definition) is 2. The summed E-state index contributed by atoms with van der Waals surface area (Å²) in [6.45, 7) is 0. The van der Waals surface area contributed by atoms with Gasteiger partial charge in [0.15, 0.2) is 0 Å². The van der Waals surface area contributed by atoms with Crippen LogP contribution in [0.5, 0.6) is 0 Å². The molecule has 1 aliphatic heterocycles. The quantitative estimate of drug-likeness (QED) is 0.143. The molecule has 2 N–H and O–H groups in total. The zero-order valence-electron chi connectivity index (χ0n) is 26.6. The first kappa shape index (κ1) is 31.1. The van der Waals surface area contributed by atoms with Crippen molar-refractivity contribution in [3.05, 3.63) is 136 Å². The molecule has 0 saturated heterocycles. The Kier molecular flexibility index (Phi) is 9.30. The van der Waals surface area contributed by atoms with Crippen LogP contribution >= 0.6 is 11.3 Å². The number of H-pyrrole nitrogens is 1. The first-order valence-corrected chi connectivity index (χ1v) is 17.7. The van der Waals surface area contributed by atoms with Crippen molar-refractivity contribution in [2.24, 2.45) is 4.99 Å². The van der Waals surface area contributed by atoms with Crippen molar-refractivity contribution in [2.45, 2.75) is 75.2 Å². The summed E-state index contributed by atoms with van der Waals surface area (Å²) < 4.78 is 0. The fourth-order valence-corrected chi connectivity index (χ4v) is 8.23. The normalized spacial score (nSPS) is 18.5. The molecule has 1 fully saturated rings. The number of carbonyl (C=O) groups is 1. The van der Waals surface area contributed by atoms with Crippen LogP contribution in [0.25, 0.3) is 22.5 Å². The second-order valence-corrected chi connectivity index (χ2v) is 14.0. The molecular weight excluding hydrogens is 599 g/mol. The number of thiazole rings is 1. The highest BCUT2D eigenvalue weighted by Gasteiger charge is 2.40. The molecule has 47 heavy (non-hydrogen) atoms. The highest BCUT2D eigenvalue weighted by Crippen LogP contribution is 2.41.